The number of carbonyl (C=O) groups excluding carboxylic acids is 1. The topological polar surface area (TPSA) is 98.4 Å². The largest absolute Gasteiger partial charge is 0.388 e. The number of aromatic nitrogens is 3. The maximum Gasteiger partial charge on any atom is 0.263 e. The molecule has 1 aliphatic heterocycles. The fraction of sp³-hybridized carbons (Fsp3) is 0.435. The number of ether oxygens (including phenoxy) is 1. The molecule has 0 aliphatic carbocycles. The minimum Gasteiger partial charge on any atom is -0.388 e. The summed E-state index contributed by atoms with van der Waals surface area (Å²) in [5.41, 5.74) is 3.06. The van der Waals surface area contributed by atoms with Gasteiger partial charge in [0.15, 0.2) is 0 Å². The van der Waals surface area contributed by atoms with E-state index in [2.05, 4.69) is 10.3 Å². The summed E-state index contributed by atoms with van der Waals surface area (Å²) < 4.78 is 9.20. The van der Waals surface area contributed by atoms with Crippen LogP contribution in [0.25, 0.3) is 11.0 Å². The smallest absolute Gasteiger partial charge is 0.263 e. The molecule has 1 aromatic carbocycles. The number of nitrogens with zero attached hydrogens (tertiary/aromatic N) is 3. The molecule has 164 valence electrons. The summed E-state index contributed by atoms with van der Waals surface area (Å²) in [5.74, 6) is 0.152. The Kier molecular flexibility index (Phi) is 6.20. The number of imidazole rings is 1. The highest BCUT2D eigenvalue weighted by molar-refractivity contribution is 5.95. The molecule has 8 nitrogen and oxygen atoms in total. The first kappa shape index (κ1) is 21.3. The van der Waals surface area contributed by atoms with E-state index in [4.69, 9.17) is 4.74 Å². The molecule has 1 amide bonds. The summed E-state index contributed by atoms with van der Waals surface area (Å²) in [6.07, 6.45) is 1.94. The van der Waals surface area contributed by atoms with Gasteiger partial charge in [-0.25, -0.2) is 4.98 Å². The van der Waals surface area contributed by atoms with E-state index in [1.54, 1.807) is 11.5 Å². The molecule has 2 N–H and O–H groups in total. The van der Waals surface area contributed by atoms with Crippen molar-refractivity contribution in [3.63, 3.8) is 0 Å². The fourth-order valence-electron chi connectivity index (χ4n) is 4.29. The number of benzene rings is 1. The molecule has 0 spiro atoms. The second-order valence-electron chi connectivity index (χ2n) is 7.98. The van der Waals surface area contributed by atoms with Crippen LogP contribution in [0.2, 0.25) is 0 Å². The van der Waals surface area contributed by atoms with E-state index >= 15 is 0 Å². The Labute approximate surface area is 180 Å². The van der Waals surface area contributed by atoms with Crippen molar-refractivity contribution in [1.29, 1.82) is 0 Å². The van der Waals surface area contributed by atoms with E-state index in [1.165, 1.54) is 0 Å². The van der Waals surface area contributed by atoms with Gasteiger partial charge in [-0.2, -0.15) is 0 Å². The van der Waals surface area contributed by atoms with Crippen LogP contribution in [-0.4, -0.2) is 44.4 Å². The third-order valence-corrected chi connectivity index (χ3v) is 5.84. The van der Waals surface area contributed by atoms with Crippen molar-refractivity contribution in [3.05, 3.63) is 63.3 Å². The second-order valence-corrected chi connectivity index (χ2v) is 7.98. The molecule has 3 heterocycles. The van der Waals surface area contributed by atoms with Gasteiger partial charge in [-0.05, 0) is 50.5 Å². The molecule has 1 aliphatic rings. The third-order valence-electron chi connectivity index (χ3n) is 5.84. The summed E-state index contributed by atoms with van der Waals surface area (Å²) in [6.45, 7) is 5.41. The van der Waals surface area contributed by atoms with E-state index < -0.39 is 5.91 Å². The summed E-state index contributed by atoms with van der Waals surface area (Å²) >= 11 is 0. The molecule has 1 saturated heterocycles. The van der Waals surface area contributed by atoms with Gasteiger partial charge < -0.3 is 24.3 Å². The summed E-state index contributed by atoms with van der Waals surface area (Å²) in [6, 6.07) is 9.49. The Morgan fingerprint density at radius 3 is 2.84 bits per heavy atom. The summed E-state index contributed by atoms with van der Waals surface area (Å²) in [4.78, 5) is 30.4. The highest BCUT2D eigenvalue weighted by Crippen LogP contribution is 2.17. The van der Waals surface area contributed by atoms with Crippen molar-refractivity contribution >= 4 is 16.9 Å². The zero-order valence-electron chi connectivity index (χ0n) is 17.9. The first-order chi connectivity index (χ1) is 15.0. The maximum absolute atomic E-state index is 13.1. The number of aliphatic hydroxyl groups is 1. The van der Waals surface area contributed by atoms with Gasteiger partial charge in [0, 0.05) is 25.4 Å². The molecular weight excluding hydrogens is 396 g/mol. The number of hydrogen-bond acceptors (Lipinski definition) is 5. The van der Waals surface area contributed by atoms with Crippen LogP contribution >= 0.6 is 0 Å². The molecule has 2 aromatic heterocycles. The lowest BCUT2D eigenvalue weighted by atomic mass is 10.1. The van der Waals surface area contributed by atoms with Crippen LogP contribution in [0.3, 0.4) is 0 Å². The van der Waals surface area contributed by atoms with Crippen LogP contribution < -0.4 is 10.9 Å². The Bertz CT molecular complexity index is 1160. The first-order valence-corrected chi connectivity index (χ1v) is 10.7. The average molecular weight is 425 g/mol. The van der Waals surface area contributed by atoms with E-state index in [9.17, 15) is 14.7 Å². The number of rotatable bonds is 7. The number of aryl methyl sites for hydroxylation is 2. The van der Waals surface area contributed by atoms with Crippen LogP contribution in [0.4, 0.5) is 0 Å². The predicted molar refractivity (Wildman–Crippen MR) is 117 cm³/mol. The van der Waals surface area contributed by atoms with Crippen molar-refractivity contribution in [2.75, 3.05) is 13.2 Å². The molecule has 8 heteroatoms. The van der Waals surface area contributed by atoms with E-state index in [0.29, 0.717) is 31.0 Å². The molecule has 31 heavy (non-hydrogen) atoms. The highest BCUT2D eigenvalue weighted by atomic mass is 16.5. The number of pyridine rings is 1. The van der Waals surface area contributed by atoms with Gasteiger partial charge in [-0.1, -0.05) is 12.1 Å². The van der Waals surface area contributed by atoms with Crippen molar-refractivity contribution in [1.82, 2.24) is 19.4 Å². The van der Waals surface area contributed by atoms with Gasteiger partial charge in [0.2, 0.25) is 0 Å². The van der Waals surface area contributed by atoms with Gasteiger partial charge in [-0.15, -0.1) is 0 Å². The van der Waals surface area contributed by atoms with Crippen LogP contribution in [0.15, 0.2) is 35.1 Å². The molecule has 3 aromatic rings. The fourth-order valence-corrected chi connectivity index (χ4v) is 4.29. The average Bonchev–Trinajstić information content (AvgIpc) is 3.38. The second kappa shape index (κ2) is 9.03. The van der Waals surface area contributed by atoms with Crippen LogP contribution in [0.5, 0.6) is 0 Å². The van der Waals surface area contributed by atoms with E-state index in [1.807, 2.05) is 41.8 Å². The molecule has 0 radical (unpaired) electrons. The van der Waals surface area contributed by atoms with Gasteiger partial charge in [0.05, 0.1) is 23.7 Å². The minimum absolute atomic E-state index is 0.0152. The summed E-state index contributed by atoms with van der Waals surface area (Å²) in [5, 5.41) is 12.5. The number of aliphatic hydroxyl groups excluding tert-OH is 1. The minimum atomic E-state index is -0.390. The van der Waals surface area contributed by atoms with Crippen molar-refractivity contribution in [2.45, 2.75) is 52.5 Å². The third kappa shape index (κ3) is 4.26. The number of amides is 1. The highest BCUT2D eigenvalue weighted by Gasteiger charge is 2.22. The van der Waals surface area contributed by atoms with Crippen molar-refractivity contribution in [3.8, 4) is 0 Å². The lowest BCUT2D eigenvalue weighted by Gasteiger charge is -2.17. The lowest BCUT2D eigenvalue weighted by molar-refractivity contribution is 0.0926. The molecule has 0 saturated carbocycles. The van der Waals surface area contributed by atoms with Crippen LogP contribution in [0, 0.1) is 13.8 Å². The first-order valence-electron chi connectivity index (χ1n) is 10.7. The maximum atomic E-state index is 13.1. The molecule has 0 bridgehead atoms. The Balaban J connectivity index is 1.51. The number of carbonyl (C=O) groups is 1. The number of nitrogens with one attached hydrogen (secondary N) is 1. The zero-order chi connectivity index (χ0) is 22.0. The Morgan fingerprint density at radius 1 is 1.29 bits per heavy atom. The van der Waals surface area contributed by atoms with Gasteiger partial charge in [0.25, 0.3) is 11.5 Å². The summed E-state index contributed by atoms with van der Waals surface area (Å²) in [7, 11) is 0. The van der Waals surface area contributed by atoms with Crippen molar-refractivity contribution in [2.24, 2.45) is 0 Å². The lowest BCUT2D eigenvalue weighted by Crippen LogP contribution is -2.37. The van der Waals surface area contributed by atoms with Gasteiger partial charge in [0.1, 0.15) is 18.0 Å². The number of hydrogen-bond donors (Lipinski definition) is 2. The van der Waals surface area contributed by atoms with Gasteiger partial charge in [-0.3, -0.25) is 9.59 Å². The van der Waals surface area contributed by atoms with Crippen molar-refractivity contribution < 1.29 is 14.6 Å². The van der Waals surface area contributed by atoms with Crippen LogP contribution in [0.1, 0.15) is 40.3 Å². The standard InChI is InChI=1S/C23H28N4O4/c1-15-12-16(2)27(13-17-6-5-11-31-17)23(30)21(15)22(29)24-9-10-26-19-8-4-3-7-18(19)25-20(26)14-28/h3-4,7-8,12,17,28H,5-6,9-11,13-14H2,1-2H3,(H,24,29). The molecule has 4 rings (SSSR count). The SMILES string of the molecule is Cc1cc(C)n(CC2CCCO2)c(=O)c1C(=O)NCCn1c(CO)nc2ccccc21. The Hall–Kier alpha value is -2.97. The van der Waals surface area contributed by atoms with E-state index in [0.717, 1.165) is 36.2 Å². The molecule has 1 atom stereocenters. The number of para-hydroxylation sites is 2. The van der Waals surface area contributed by atoms with Gasteiger partial charge >= 0.3 is 0 Å². The molecule has 1 fully saturated rings. The quantitative estimate of drug-likeness (QED) is 0.604. The zero-order valence-corrected chi connectivity index (χ0v) is 17.9. The number of fused-ring (bicyclic) bond motifs is 1. The molecule has 1 unspecified atom stereocenters. The van der Waals surface area contributed by atoms with Crippen LogP contribution in [-0.2, 0) is 24.4 Å². The monoisotopic (exact) mass is 424 g/mol. The predicted octanol–water partition coefficient (Wildman–Crippen LogP) is 1.92. The normalized spacial score (nSPS) is 16.2. The Morgan fingerprint density at radius 2 is 2.10 bits per heavy atom. The molecular formula is C23H28N4O4. The van der Waals surface area contributed by atoms with E-state index in [-0.39, 0.29) is 23.8 Å².